The zero-order valence-corrected chi connectivity index (χ0v) is 8.15. The normalized spacial score (nSPS) is 9.86. The molecule has 0 saturated heterocycles. The fourth-order valence-electron chi connectivity index (χ4n) is 0.940. The highest BCUT2D eigenvalue weighted by Gasteiger charge is 2.02. The van der Waals surface area contributed by atoms with Crippen molar-refractivity contribution in [3.05, 3.63) is 11.9 Å². The van der Waals surface area contributed by atoms with Gasteiger partial charge in [-0.2, -0.15) is 0 Å². The average Bonchev–Trinajstić information content (AvgIpc) is 2.47. The van der Waals surface area contributed by atoms with E-state index in [-0.39, 0.29) is 18.2 Å². The first-order valence-electron chi connectivity index (χ1n) is 4.21. The van der Waals surface area contributed by atoms with Crippen LogP contribution in [0.4, 0.5) is 0 Å². The molecule has 1 rings (SSSR count). The lowest BCUT2D eigenvalue weighted by Crippen LogP contribution is -2.19. The minimum Gasteiger partial charge on any atom is -0.351 e. The number of carbonyl (C=O) groups excluding carboxylic acids is 2. The molecule has 0 radical (unpaired) electrons. The summed E-state index contributed by atoms with van der Waals surface area (Å²) in [6.45, 7) is 3.47. The quantitative estimate of drug-likeness (QED) is 0.704. The van der Waals surface area contributed by atoms with Gasteiger partial charge in [0.1, 0.15) is 12.2 Å². The Morgan fingerprint density at radius 1 is 1.50 bits per heavy atom. The molecule has 0 aliphatic carbocycles. The van der Waals surface area contributed by atoms with Crippen molar-refractivity contribution in [2.24, 2.45) is 0 Å². The molecule has 1 amide bonds. The van der Waals surface area contributed by atoms with Gasteiger partial charge < -0.3 is 5.32 Å². The zero-order valence-electron chi connectivity index (χ0n) is 8.15. The van der Waals surface area contributed by atoms with E-state index in [4.69, 9.17) is 0 Å². The highest BCUT2D eigenvalue weighted by molar-refractivity contribution is 5.75. The SMILES string of the molecule is CC(=O)Cn1cc(CNC(C)=O)nn1. The van der Waals surface area contributed by atoms with Gasteiger partial charge in [-0.1, -0.05) is 5.21 Å². The molecule has 0 aliphatic heterocycles. The molecule has 0 aromatic carbocycles. The van der Waals surface area contributed by atoms with Crippen LogP contribution in [0.1, 0.15) is 19.5 Å². The molecule has 0 atom stereocenters. The topological polar surface area (TPSA) is 76.9 Å². The first kappa shape index (κ1) is 10.4. The van der Waals surface area contributed by atoms with Gasteiger partial charge in [0.25, 0.3) is 0 Å². The summed E-state index contributed by atoms with van der Waals surface area (Å²) in [5.74, 6) is -0.105. The van der Waals surface area contributed by atoms with E-state index in [0.29, 0.717) is 12.2 Å². The van der Waals surface area contributed by atoms with E-state index in [9.17, 15) is 9.59 Å². The van der Waals surface area contributed by atoms with Gasteiger partial charge in [-0.05, 0) is 6.92 Å². The first-order valence-corrected chi connectivity index (χ1v) is 4.21. The number of nitrogens with one attached hydrogen (secondary N) is 1. The first-order chi connectivity index (χ1) is 6.58. The molecular weight excluding hydrogens is 184 g/mol. The largest absolute Gasteiger partial charge is 0.351 e. The van der Waals surface area contributed by atoms with Gasteiger partial charge in [0, 0.05) is 6.92 Å². The minimum atomic E-state index is -0.119. The molecule has 0 unspecified atom stereocenters. The molecule has 1 heterocycles. The van der Waals surface area contributed by atoms with Gasteiger partial charge >= 0.3 is 0 Å². The molecule has 0 saturated carbocycles. The number of amides is 1. The summed E-state index contributed by atoms with van der Waals surface area (Å²) in [6.07, 6.45) is 1.64. The van der Waals surface area contributed by atoms with Crippen molar-refractivity contribution in [3.8, 4) is 0 Å². The van der Waals surface area contributed by atoms with Gasteiger partial charge in [-0.3, -0.25) is 9.59 Å². The smallest absolute Gasteiger partial charge is 0.217 e. The van der Waals surface area contributed by atoms with Crippen molar-refractivity contribution in [1.82, 2.24) is 20.3 Å². The number of carbonyl (C=O) groups is 2. The lowest BCUT2D eigenvalue weighted by molar-refractivity contribution is -0.119. The number of Topliss-reactive ketones (excluding diaryl/α,β-unsaturated/α-hetero) is 1. The molecule has 1 aromatic heterocycles. The second-order valence-electron chi connectivity index (χ2n) is 3.02. The van der Waals surface area contributed by atoms with Crippen LogP contribution in [0.15, 0.2) is 6.20 Å². The van der Waals surface area contributed by atoms with Crippen LogP contribution in [-0.2, 0) is 22.7 Å². The van der Waals surface area contributed by atoms with Crippen molar-refractivity contribution in [3.63, 3.8) is 0 Å². The maximum atomic E-state index is 10.7. The van der Waals surface area contributed by atoms with Crippen molar-refractivity contribution in [2.45, 2.75) is 26.9 Å². The minimum absolute atomic E-state index is 0.0148. The van der Waals surface area contributed by atoms with Crippen LogP contribution in [-0.4, -0.2) is 26.7 Å². The Kier molecular flexibility index (Phi) is 3.33. The molecule has 6 nitrogen and oxygen atoms in total. The summed E-state index contributed by atoms with van der Waals surface area (Å²) in [4.78, 5) is 21.3. The monoisotopic (exact) mass is 196 g/mol. The molecule has 0 aliphatic rings. The van der Waals surface area contributed by atoms with Crippen molar-refractivity contribution < 1.29 is 9.59 Å². The molecule has 0 bridgehead atoms. The van der Waals surface area contributed by atoms with Crippen molar-refractivity contribution in [2.75, 3.05) is 0 Å². The molecule has 1 aromatic rings. The summed E-state index contributed by atoms with van der Waals surface area (Å²) in [7, 11) is 0. The summed E-state index contributed by atoms with van der Waals surface area (Å²) < 4.78 is 1.44. The summed E-state index contributed by atoms with van der Waals surface area (Å²) in [5, 5.41) is 10.1. The van der Waals surface area contributed by atoms with Gasteiger partial charge in [0.2, 0.25) is 5.91 Å². The number of aromatic nitrogens is 3. The van der Waals surface area contributed by atoms with Crippen LogP contribution in [0.2, 0.25) is 0 Å². The second kappa shape index (κ2) is 4.50. The Hall–Kier alpha value is -1.72. The number of ketones is 1. The van der Waals surface area contributed by atoms with Gasteiger partial charge in [0.05, 0.1) is 12.7 Å². The van der Waals surface area contributed by atoms with E-state index in [0.717, 1.165) is 0 Å². The predicted molar refractivity (Wildman–Crippen MR) is 48.2 cm³/mol. The number of nitrogens with zero attached hydrogens (tertiary/aromatic N) is 3. The van der Waals surface area contributed by atoms with Crippen LogP contribution in [0.25, 0.3) is 0 Å². The Labute approximate surface area is 81.3 Å². The fourth-order valence-corrected chi connectivity index (χ4v) is 0.940. The molecule has 0 spiro atoms. The van der Waals surface area contributed by atoms with Crippen molar-refractivity contribution in [1.29, 1.82) is 0 Å². The highest BCUT2D eigenvalue weighted by atomic mass is 16.1. The Balaban J connectivity index is 2.50. The van der Waals surface area contributed by atoms with E-state index in [1.807, 2.05) is 0 Å². The molecule has 14 heavy (non-hydrogen) atoms. The lowest BCUT2D eigenvalue weighted by Gasteiger charge is -1.95. The van der Waals surface area contributed by atoms with Gasteiger partial charge in [0.15, 0.2) is 5.78 Å². The molecule has 0 fully saturated rings. The van der Waals surface area contributed by atoms with Crippen LogP contribution in [0.3, 0.4) is 0 Å². The van der Waals surface area contributed by atoms with Crippen LogP contribution < -0.4 is 5.32 Å². The van der Waals surface area contributed by atoms with E-state index >= 15 is 0 Å². The molecule has 6 heteroatoms. The van der Waals surface area contributed by atoms with E-state index in [2.05, 4.69) is 15.6 Å². The third kappa shape index (κ3) is 3.34. The fraction of sp³-hybridized carbons (Fsp3) is 0.500. The third-order valence-electron chi connectivity index (χ3n) is 1.49. The molecule has 76 valence electrons. The maximum Gasteiger partial charge on any atom is 0.217 e. The van der Waals surface area contributed by atoms with Crippen LogP contribution in [0.5, 0.6) is 0 Å². The zero-order chi connectivity index (χ0) is 10.6. The van der Waals surface area contributed by atoms with Gasteiger partial charge in [-0.25, -0.2) is 4.68 Å². The number of hydrogen-bond donors (Lipinski definition) is 1. The number of rotatable bonds is 4. The maximum absolute atomic E-state index is 10.7. The van der Waals surface area contributed by atoms with Crippen LogP contribution >= 0.6 is 0 Å². The summed E-state index contributed by atoms with van der Waals surface area (Å²) in [6, 6.07) is 0. The molecular formula is C8H12N4O2. The third-order valence-corrected chi connectivity index (χ3v) is 1.49. The lowest BCUT2D eigenvalue weighted by atomic mass is 10.4. The summed E-state index contributed by atoms with van der Waals surface area (Å²) in [5.41, 5.74) is 0.640. The predicted octanol–water partition coefficient (Wildman–Crippen LogP) is -0.497. The summed E-state index contributed by atoms with van der Waals surface area (Å²) >= 11 is 0. The Bertz CT molecular complexity index is 345. The Morgan fingerprint density at radius 3 is 2.79 bits per heavy atom. The van der Waals surface area contributed by atoms with Crippen LogP contribution in [0, 0.1) is 0 Å². The van der Waals surface area contributed by atoms with Crippen molar-refractivity contribution >= 4 is 11.7 Å². The highest BCUT2D eigenvalue weighted by Crippen LogP contribution is 1.92. The standard InChI is InChI=1S/C8H12N4O2/c1-6(13)4-12-5-8(10-11-12)3-9-7(2)14/h5H,3-4H2,1-2H3,(H,9,14). The van der Waals surface area contributed by atoms with E-state index < -0.39 is 0 Å². The van der Waals surface area contributed by atoms with E-state index in [1.165, 1.54) is 18.5 Å². The second-order valence-corrected chi connectivity index (χ2v) is 3.02. The average molecular weight is 196 g/mol. The molecule has 1 N–H and O–H groups in total. The van der Waals surface area contributed by atoms with Gasteiger partial charge in [-0.15, -0.1) is 5.10 Å². The Morgan fingerprint density at radius 2 is 2.21 bits per heavy atom. The van der Waals surface area contributed by atoms with E-state index in [1.54, 1.807) is 6.20 Å². The number of hydrogen-bond acceptors (Lipinski definition) is 4.